The molecular formula is C8H5NO6S. The summed E-state index contributed by atoms with van der Waals surface area (Å²) in [5, 5.41) is 9.76. The van der Waals surface area contributed by atoms with Crippen molar-refractivity contribution < 1.29 is 26.8 Å². The van der Waals surface area contributed by atoms with Gasteiger partial charge < -0.3 is 0 Å². The second-order valence-corrected chi connectivity index (χ2v) is 4.48. The van der Waals surface area contributed by atoms with Crippen molar-refractivity contribution in [2.45, 2.75) is 5.79 Å². The van der Waals surface area contributed by atoms with Crippen molar-refractivity contribution in [3.63, 3.8) is 0 Å². The van der Waals surface area contributed by atoms with Gasteiger partial charge in [-0.25, -0.2) is 0 Å². The van der Waals surface area contributed by atoms with E-state index in [0.29, 0.717) is 5.06 Å². The zero-order valence-corrected chi connectivity index (χ0v) is 8.47. The molecule has 0 saturated carbocycles. The van der Waals surface area contributed by atoms with Gasteiger partial charge in [0.05, 0.1) is 5.69 Å². The molecule has 1 N–H and O–H groups in total. The number of benzene rings is 1. The molecule has 1 fully saturated rings. The van der Waals surface area contributed by atoms with Gasteiger partial charge in [-0.05, 0) is 6.07 Å². The lowest BCUT2D eigenvalue weighted by Crippen LogP contribution is -2.54. The fourth-order valence-corrected chi connectivity index (χ4v) is 2.66. The molecule has 1 spiro atoms. The Balaban J connectivity index is 2.20. The van der Waals surface area contributed by atoms with Crippen molar-refractivity contribution in [3.8, 4) is 0 Å². The van der Waals surface area contributed by atoms with Crippen molar-refractivity contribution in [2.24, 2.45) is 0 Å². The van der Waals surface area contributed by atoms with Gasteiger partial charge in [-0.1, -0.05) is 18.2 Å². The van der Waals surface area contributed by atoms with E-state index in [4.69, 9.17) is 0 Å². The number of nitrogens with zero attached hydrogens (tertiary/aromatic N) is 1. The van der Waals surface area contributed by atoms with Gasteiger partial charge >= 0.3 is 22.1 Å². The highest BCUT2D eigenvalue weighted by molar-refractivity contribution is 7.82. The third-order valence-electron chi connectivity index (χ3n) is 2.40. The second-order valence-electron chi connectivity index (χ2n) is 3.33. The van der Waals surface area contributed by atoms with Gasteiger partial charge in [0.1, 0.15) is 0 Å². The predicted molar refractivity (Wildman–Crippen MR) is 48.5 cm³/mol. The number of rotatable bonds is 0. The number of amides is 1. The summed E-state index contributed by atoms with van der Waals surface area (Å²) in [4.78, 5) is 11.6. The van der Waals surface area contributed by atoms with E-state index in [-0.39, 0.29) is 11.3 Å². The van der Waals surface area contributed by atoms with Crippen LogP contribution in [0.25, 0.3) is 0 Å². The predicted octanol–water partition coefficient (Wildman–Crippen LogP) is -0.133. The zero-order valence-electron chi connectivity index (χ0n) is 7.65. The maximum absolute atomic E-state index is 11.6. The maximum atomic E-state index is 11.6. The third kappa shape index (κ3) is 0.964. The number of hydrogen-bond donors (Lipinski definition) is 1. The number of fused-ring (bicyclic) bond motifs is 2. The summed E-state index contributed by atoms with van der Waals surface area (Å²) in [6.45, 7) is 0. The van der Waals surface area contributed by atoms with Crippen molar-refractivity contribution in [1.29, 1.82) is 0 Å². The Hall–Kier alpha value is -1.48. The molecule has 3 rings (SSSR count). The molecule has 1 amide bonds. The summed E-state index contributed by atoms with van der Waals surface area (Å²) < 4.78 is 30.6. The van der Waals surface area contributed by atoms with Gasteiger partial charge in [0.25, 0.3) is 0 Å². The minimum Gasteiger partial charge on any atom is -0.281 e. The highest BCUT2D eigenvalue weighted by Gasteiger charge is 2.66. The average Bonchev–Trinajstić information content (AvgIpc) is 2.41. The summed E-state index contributed by atoms with van der Waals surface area (Å²) in [5.74, 6) is -3.02. The molecule has 0 radical (unpaired) electrons. The fourth-order valence-electron chi connectivity index (χ4n) is 1.76. The maximum Gasteiger partial charge on any atom is 0.406 e. The molecule has 1 aromatic carbocycles. The van der Waals surface area contributed by atoms with Crippen LogP contribution in [0.2, 0.25) is 0 Å². The number of carbonyl (C=O) groups excluding carboxylic acids is 1. The molecule has 1 aromatic rings. The molecule has 2 heterocycles. The minimum atomic E-state index is -4.13. The fraction of sp³-hybridized carbons (Fsp3) is 0.125. The van der Waals surface area contributed by atoms with Gasteiger partial charge in [0.2, 0.25) is 0 Å². The van der Waals surface area contributed by atoms with E-state index in [9.17, 15) is 18.4 Å². The van der Waals surface area contributed by atoms with Crippen molar-refractivity contribution in [1.82, 2.24) is 0 Å². The second kappa shape index (κ2) is 2.61. The highest BCUT2D eigenvalue weighted by Crippen LogP contribution is 2.50. The number of anilines is 1. The monoisotopic (exact) mass is 243 g/mol. The molecule has 16 heavy (non-hydrogen) atoms. The summed E-state index contributed by atoms with van der Waals surface area (Å²) in [6.07, 6.45) is 0. The average molecular weight is 243 g/mol. The molecule has 0 unspecified atom stereocenters. The standard InChI is InChI=1S/C8H5NO6S/c10-7-8(14-16(12,13)15-8)5-3-1-2-4-6(5)9(7)11/h1-4,11H. The Morgan fingerprint density at radius 2 is 1.88 bits per heavy atom. The van der Waals surface area contributed by atoms with E-state index in [1.165, 1.54) is 12.1 Å². The SMILES string of the molecule is O=C1N(O)c2ccccc2C12OS(=O)(=O)O2. The summed E-state index contributed by atoms with van der Waals surface area (Å²) >= 11 is 0. The Bertz CT molecular complexity index is 582. The van der Waals surface area contributed by atoms with E-state index >= 15 is 0 Å². The number of hydrogen-bond acceptors (Lipinski definition) is 6. The van der Waals surface area contributed by atoms with Crippen LogP contribution >= 0.6 is 0 Å². The molecular weight excluding hydrogens is 238 g/mol. The Morgan fingerprint density at radius 1 is 1.25 bits per heavy atom. The summed E-state index contributed by atoms with van der Waals surface area (Å²) in [5.41, 5.74) is 0.305. The van der Waals surface area contributed by atoms with E-state index < -0.39 is 22.1 Å². The summed E-state index contributed by atoms with van der Waals surface area (Å²) in [7, 11) is -4.13. The Morgan fingerprint density at radius 3 is 2.50 bits per heavy atom. The molecule has 84 valence electrons. The van der Waals surface area contributed by atoms with Gasteiger partial charge in [-0.2, -0.15) is 21.8 Å². The summed E-state index contributed by atoms with van der Waals surface area (Å²) in [6, 6.07) is 6.05. The topological polar surface area (TPSA) is 93.1 Å². The number of para-hydroxylation sites is 1. The van der Waals surface area contributed by atoms with Crippen molar-refractivity contribution in [2.75, 3.05) is 5.06 Å². The lowest BCUT2D eigenvalue weighted by atomic mass is 10.1. The van der Waals surface area contributed by atoms with Crippen LogP contribution in [0, 0.1) is 0 Å². The quantitative estimate of drug-likeness (QED) is 0.638. The molecule has 0 atom stereocenters. The molecule has 0 aromatic heterocycles. The van der Waals surface area contributed by atoms with Crippen LogP contribution in [0.3, 0.4) is 0 Å². The van der Waals surface area contributed by atoms with Crippen LogP contribution in [0.4, 0.5) is 5.69 Å². The first kappa shape index (κ1) is 9.73. The molecule has 1 saturated heterocycles. The molecule has 8 heteroatoms. The number of hydroxylamine groups is 1. The molecule has 0 bridgehead atoms. The van der Waals surface area contributed by atoms with E-state index in [2.05, 4.69) is 8.37 Å². The van der Waals surface area contributed by atoms with E-state index in [1.807, 2.05) is 0 Å². The Labute approximate surface area is 90.1 Å². The molecule has 2 aliphatic heterocycles. The van der Waals surface area contributed by atoms with Crippen LogP contribution in [0.1, 0.15) is 5.56 Å². The lowest BCUT2D eigenvalue weighted by molar-refractivity contribution is -0.200. The molecule has 2 aliphatic rings. The first-order chi connectivity index (χ1) is 7.46. The van der Waals surface area contributed by atoms with Gasteiger partial charge in [0.15, 0.2) is 0 Å². The van der Waals surface area contributed by atoms with Crippen LogP contribution in [0.15, 0.2) is 24.3 Å². The largest absolute Gasteiger partial charge is 0.406 e. The third-order valence-corrected chi connectivity index (χ3v) is 3.28. The molecule has 0 aliphatic carbocycles. The lowest BCUT2D eigenvalue weighted by Gasteiger charge is -2.33. The van der Waals surface area contributed by atoms with Gasteiger partial charge in [-0.15, -0.1) is 0 Å². The highest BCUT2D eigenvalue weighted by atomic mass is 32.3. The molecule has 7 nitrogen and oxygen atoms in total. The van der Waals surface area contributed by atoms with Crippen LogP contribution < -0.4 is 5.06 Å². The smallest absolute Gasteiger partial charge is 0.281 e. The first-order valence-corrected chi connectivity index (χ1v) is 5.59. The Kier molecular flexibility index (Phi) is 1.58. The van der Waals surface area contributed by atoms with Crippen LogP contribution in [-0.4, -0.2) is 19.5 Å². The van der Waals surface area contributed by atoms with Gasteiger partial charge in [-0.3, -0.25) is 10.0 Å². The van der Waals surface area contributed by atoms with Crippen LogP contribution in [-0.2, 0) is 29.3 Å². The first-order valence-electron chi connectivity index (χ1n) is 4.25. The van der Waals surface area contributed by atoms with Crippen molar-refractivity contribution >= 4 is 22.0 Å². The van der Waals surface area contributed by atoms with E-state index in [1.54, 1.807) is 12.1 Å². The zero-order chi connectivity index (χ0) is 11.6. The van der Waals surface area contributed by atoms with E-state index in [0.717, 1.165) is 0 Å². The van der Waals surface area contributed by atoms with Gasteiger partial charge in [0, 0.05) is 5.56 Å². The minimum absolute atomic E-state index is 0.141. The van der Waals surface area contributed by atoms with Crippen molar-refractivity contribution in [3.05, 3.63) is 29.8 Å². The van der Waals surface area contributed by atoms with Crippen LogP contribution in [0.5, 0.6) is 0 Å². The number of carbonyl (C=O) groups is 1. The normalized spacial score (nSPS) is 24.3.